The largest absolute Gasteiger partial charge is 0.326 e. The van der Waals surface area contributed by atoms with Crippen molar-refractivity contribution < 1.29 is 9.59 Å². The Balaban J connectivity index is 2.03. The second-order valence-corrected chi connectivity index (χ2v) is 6.00. The number of aryl methyl sites for hydroxylation is 1. The molecule has 0 aliphatic carbocycles. The first-order valence-electron chi connectivity index (χ1n) is 7.75. The molecule has 6 heteroatoms. The maximum Gasteiger partial charge on any atom is 0.226 e. The molecule has 25 heavy (non-hydrogen) atoms. The molecule has 1 N–H and O–H groups in total. The zero-order valence-electron chi connectivity index (χ0n) is 14.0. The molecular formula is C19H18ClN3O2. The number of hydrogen-bond donors (Lipinski definition) is 1. The molecule has 0 saturated carbocycles. The van der Waals surface area contributed by atoms with Crippen LogP contribution in [0.5, 0.6) is 0 Å². The van der Waals surface area contributed by atoms with Crippen molar-refractivity contribution in [1.29, 1.82) is 5.26 Å². The van der Waals surface area contributed by atoms with Gasteiger partial charge in [0.15, 0.2) is 0 Å². The summed E-state index contributed by atoms with van der Waals surface area (Å²) in [4.78, 5) is 25.6. The van der Waals surface area contributed by atoms with Gasteiger partial charge in [-0.15, -0.1) is 0 Å². The summed E-state index contributed by atoms with van der Waals surface area (Å²) in [5, 5.41) is 12.2. The van der Waals surface area contributed by atoms with Crippen molar-refractivity contribution in [2.45, 2.75) is 20.3 Å². The lowest BCUT2D eigenvalue weighted by molar-refractivity contribution is -0.117. The van der Waals surface area contributed by atoms with E-state index in [4.69, 9.17) is 16.9 Å². The monoisotopic (exact) mass is 355 g/mol. The molecule has 0 bridgehead atoms. The third-order valence-corrected chi connectivity index (χ3v) is 4.09. The van der Waals surface area contributed by atoms with Gasteiger partial charge in [0.2, 0.25) is 11.8 Å². The number of benzene rings is 2. The van der Waals surface area contributed by atoms with Gasteiger partial charge in [0.25, 0.3) is 0 Å². The van der Waals surface area contributed by atoms with Gasteiger partial charge in [0, 0.05) is 36.3 Å². The lowest BCUT2D eigenvalue weighted by Crippen LogP contribution is -2.32. The van der Waals surface area contributed by atoms with Crippen molar-refractivity contribution in [3.8, 4) is 6.07 Å². The summed E-state index contributed by atoms with van der Waals surface area (Å²) in [6.45, 7) is 3.56. The third-order valence-electron chi connectivity index (χ3n) is 3.69. The van der Waals surface area contributed by atoms with Crippen LogP contribution in [-0.2, 0) is 9.59 Å². The van der Waals surface area contributed by atoms with Gasteiger partial charge in [0.05, 0.1) is 11.6 Å². The van der Waals surface area contributed by atoms with E-state index in [1.165, 1.54) is 11.8 Å². The normalized spacial score (nSPS) is 10.0. The van der Waals surface area contributed by atoms with E-state index < -0.39 is 0 Å². The maximum atomic E-state index is 12.1. The van der Waals surface area contributed by atoms with Crippen LogP contribution in [0, 0.1) is 18.3 Å². The quantitative estimate of drug-likeness (QED) is 0.883. The van der Waals surface area contributed by atoms with Gasteiger partial charge in [-0.3, -0.25) is 9.59 Å². The SMILES string of the molecule is CC(=O)N(CCC(=O)Nc1cccc(C#N)c1)c1ccc(C)c(Cl)c1. The Hall–Kier alpha value is -2.84. The number of halogens is 1. The van der Waals surface area contributed by atoms with Crippen molar-refractivity contribution in [3.05, 3.63) is 58.6 Å². The Labute approximate surface area is 151 Å². The number of amides is 2. The Morgan fingerprint density at radius 2 is 2.00 bits per heavy atom. The molecule has 2 amide bonds. The van der Waals surface area contributed by atoms with Crippen LogP contribution in [-0.4, -0.2) is 18.4 Å². The van der Waals surface area contributed by atoms with Gasteiger partial charge < -0.3 is 10.2 Å². The van der Waals surface area contributed by atoms with Crippen molar-refractivity contribution in [2.24, 2.45) is 0 Å². The molecule has 128 valence electrons. The molecule has 0 fully saturated rings. The van der Waals surface area contributed by atoms with Gasteiger partial charge in [0.1, 0.15) is 0 Å². The van der Waals surface area contributed by atoms with Crippen LogP contribution in [0.1, 0.15) is 24.5 Å². The Kier molecular flexibility index (Phi) is 6.15. The first-order valence-corrected chi connectivity index (χ1v) is 8.13. The minimum Gasteiger partial charge on any atom is -0.326 e. The molecule has 0 aliphatic heterocycles. The summed E-state index contributed by atoms with van der Waals surface area (Å²) < 4.78 is 0. The topological polar surface area (TPSA) is 73.2 Å². The Morgan fingerprint density at radius 3 is 2.64 bits per heavy atom. The van der Waals surface area contributed by atoms with Crippen molar-refractivity contribution in [2.75, 3.05) is 16.8 Å². The molecule has 2 aromatic rings. The van der Waals surface area contributed by atoms with E-state index in [0.717, 1.165) is 5.56 Å². The van der Waals surface area contributed by atoms with Crippen LogP contribution in [0.3, 0.4) is 0 Å². The van der Waals surface area contributed by atoms with Gasteiger partial charge in [-0.25, -0.2) is 0 Å². The fraction of sp³-hybridized carbons (Fsp3) is 0.211. The molecule has 0 heterocycles. The number of rotatable bonds is 5. The summed E-state index contributed by atoms with van der Waals surface area (Å²) in [5.41, 5.74) is 2.60. The second kappa shape index (κ2) is 8.32. The zero-order valence-corrected chi connectivity index (χ0v) is 14.8. The van der Waals surface area contributed by atoms with Crippen LogP contribution in [0.25, 0.3) is 0 Å². The lowest BCUT2D eigenvalue weighted by Gasteiger charge is -2.21. The molecule has 0 aromatic heterocycles. The number of nitriles is 1. The fourth-order valence-corrected chi connectivity index (χ4v) is 2.50. The average Bonchev–Trinajstić information content (AvgIpc) is 2.58. The number of carbonyl (C=O) groups excluding carboxylic acids is 2. The first-order chi connectivity index (χ1) is 11.9. The molecular weight excluding hydrogens is 338 g/mol. The average molecular weight is 356 g/mol. The Bertz CT molecular complexity index is 843. The van der Waals surface area contributed by atoms with Crippen molar-refractivity contribution in [3.63, 3.8) is 0 Å². The summed E-state index contributed by atoms with van der Waals surface area (Å²) in [6.07, 6.45) is 0.127. The zero-order chi connectivity index (χ0) is 18.4. The van der Waals surface area contributed by atoms with Gasteiger partial charge in [-0.1, -0.05) is 23.7 Å². The standard InChI is InChI=1S/C19H18ClN3O2/c1-13-6-7-17(11-18(13)20)23(14(2)24)9-8-19(25)22-16-5-3-4-15(10-16)12-21/h3-7,10-11H,8-9H2,1-2H3,(H,22,25). The van der Waals surface area contributed by atoms with E-state index in [1.54, 1.807) is 36.4 Å². The smallest absolute Gasteiger partial charge is 0.226 e. The summed E-state index contributed by atoms with van der Waals surface area (Å²) >= 11 is 6.12. The molecule has 0 unspecified atom stereocenters. The van der Waals surface area contributed by atoms with E-state index in [1.807, 2.05) is 19.1 Å². The predicted octanol–water partition coefficient (Wildman–Crippen LogP) is 3.90. The van der Waals surface area contributed by atoms with Crippen LogP contribution in [0.2, 0.25) is 5.02 Å². The highest BCUT2D eigenvalue weighted by molar-refractivity contribution is 6.31. The molecule has 0 spiro atoms. The molecule has 0 aliphatic rings. The first kappa shape index (κ1) is 18.5. The molecule has 0 radical (unpaired) electrons. The van der Waals surface area contributed by atoms with E-state index in [9.17, 15) is 9.59 Å². The number of carbonyl (C=O) groups is 2. The molecule has 0 saturated heterocycles. The fourth-order valence-electron chi connectivity index (χ4n) is 2.32. The van der Waals surface area contributed by atoms with Gasteiger partial charge >= 0.3 is 0 Å². The highest BCUT2D eigenvalue weighted by atomic mass is 35.5. The maximum absolute atomic E-state index is 12.1. The van der Waals surface area contributed by atoms with Crippen LogP contribution < -0.4 is 10.2 Å². The highest BCUT2D eigenvalue weighted by Gasteiger charge is 2.14. The molecule has 2 aromatic carbocycles. The van der Waals surface area contributed by atoms with E-state index in [2.05, 4.69) is 5.32 Å². The second-order valence-electron chi connectivity index (χ2n) is 5.59. The number of hydrogen-bond acceptors (Lipinski definition) is 3. The van der Waals surface area contributed by atoms with Crippen molar-refractivity contribution in [1.82, 2.24) is 0 Å². The van der Waals surface area contributed by atoms with Crippen LogP contribution >= 0.6 is 11.6 Å². The van der Waals surface area contributed by atoms with Crippen LogP contribution in [0.15, 0.2) is 42.5 Å². The van der Waals surface area contributed by atoms with Gasteiger partial charge in [-0.05, 0) is 42.8 Å². The molecule has 2 rings (SSSR count). The summed E-state index contributed by atoms with van der Waals surface area (Å²) in [7, 11) is 0. The number of anilines is 2. The minimum absolute atomic E-state index is 0.127. The third kappa shape index (κ3) is 5.07. The van der Waals surface area contributed by atoms with E-state index in [-0.39, 0.29) is 24.8 Å². The predicted molar refractivity (Wildman–Crippen MR) is 98.6 cm³/mol. The summed E-state index contributed by atoms with van der Waals surface area (Å²) in [5.74, 6) is -0.404. The lowest BCUT2D eigenvalue weighted by atomic mass is 10.2. The highest BCUT2D eigenvalue weighted by Crippen LogP contribution is 2.23. The van der Waals surface area contributed by atoms with E-state index in [0.29, 0.717) is 22.0 Å². The number of nitrogens with one attached hydrogen (secondary N) is 1. The van der Waals surface area contributed by atoms with Crippen LogP contribution in [0.4, 0.5) is 11.4 Å². The molecule has 5 nitrogen and oxygen atoms in total. The Morgan fingerprint density at radius 1 is 1.24 bits per heavy atom. The van der Waals surface area contributed by atoms with Gasteiger partial charge in [-0.2, -0.15) is 5.26 Å². The summed E-state index contributed by atoms with van der Waals surface area (Å²) in [6, 6.07) is 14.0. The number of nitrogens with zero attached hydrogens (tertiary/aromatic N) is 2. The minimum atomic E-state index is -0.237. The molecule has 0 atom stereocenters. The van der Waals surface area contributed by atoms with Crippen molar-refractivity contribution >= 4 is 34.8 Å². The van der Waals surface area contributed by atoms with E-state index >= 15 is 0 Å².